The number of ether oxygens (including phenoxy) is 1. The molecule has 1 aliphatic rings. The van der Waals surface area contributed by atoms with Gasteiger partial charge in [-0.3, -0.25) is 4.79 Å². The van der Waals surface area contributed by atoms with Crippen molar-refractivity contribution in [3.63, 3.8) is 0 Å². The van der Waals surface area contributed by atoms with E-state index in [2.05, 4.69) is 36.1 Å². The van der Waals surface area contributed by atoms with Crippen LogP contribution in [0.2, 0.25) is 0 Å². The maximum Gasteiger partial charge on any atom is 0.255 e. The molecule has 2 atom stereocenters. The highest BCUT2D eigenvalue weighted by molar-refractivity contribution is 5.96. The Morgan fingerprint density at radius 1 is 1.48 bits per heavy atom. The predicted octanol–water partition coefficient (Wildman–Crippen LogP) is 2.42. The fraction of sp³-hybridized carbons (Fsp3) is 0.667. The number of pyridine rings is 1. The van der Waals surface area contributed by atoms with Crippen molar-refractivity contribution in [1.82, 2.24) is 24.9 Å². The monoisotopic (exact) mass is 345 g/mol. The molecule has 0 saturated heterocycles. The zero-order valence-corrected chi connectivity index (χ0v) is 15.7. The lowest BCUT2D eigenvalue weighted by molar-refractivity contribution is -0.140. The van der Waals surface area contributed by atoms with Crippen LogP contribution in [0.5, 0.6) is 0 Å². The molecule has 7 heteroatoms. The SMILES string of the molecule is CCCCO[C@@H]1C[C@@H](N(C)C(=O)c2cnc3c(c2)nnn3C)C1(C)C. The lowest BCUT2D eigenvalue weighted by atomic mass is 9.63. The van der Waals surface area contributed by atoms with Crippen LogP contribution in [0.4, 0.5) is 0 Å². The van der Waals surface area contributed by atoms with Gasteiger partial charge in [-0.25, -0.2) is 9.67 Å². The molecule has 0 spiro atoms. The van der Waals surface area contributed by atoms with Gasteiger partial charge in [-0.15, -0.1) is 5.10 Å². The highest BCUT2D eigenvalue weighted by Gasteiger charge is 2.51. The summed E-state index contributed by atoms with van der Waals surface area (Å²) in [6.45, 7) is 7.30. The van der Waals surface area contributed by atoms with Crippen molar-refractivity contribution in [2.45, 2.75) is 52.2 Å². The average molecular weight is 345 g/mol. The summed E-state index contributed by atoms with van der Waals surface area (Å²) < 4.78 is 7.59. The van der Waals surface area contributed by atoms with Crippen molar-refractivity contribution in [2.24, 2.45) is 12.5 Å². The Hall–Kier alpha value is -2.02. The lowest BCUT2D eigenvalue weighted by Gasteiger charge is -2.54. The first-order chi connectivity index (χ1) is 11.9. The number of rotatable bonds is 6. The molecular weight excluding hydrogens is 318 g/mol. The van der Waals surface area contributed by atoms with Crippen LogP contribution in [0.25, 0.3) is 11.2 Å². The highest BCUT2D eigenvalue weighted by Crippen LogP contribution is 2.45. The summed E-state index contributed by atoms with van der Waals surface area (Å²) in [4.78, 5) is 19.0. The van der Waals surface area contributed by atoms with Crippen LogP contribution in [-0.4, -0.2) is 56.6 Å². The van der Waals surface area contributed by atoms with Gasteiger partial charge in [-0.1, -0.05) is 32.4 Å². The van der Waals surface area contributed by atoms with Crippen molar-refractivity contribution >= 4 is 17.1 Å². The van der Waals surface area contributed by atoms with Gasteiger partial charge in [0.2, 0.25) is 0 Å². The van der Waals surface area contributed by atoms with Crippen molar-refractivity contribution in [3.05, 3.63) is 17.8 Å². The minimum atomic E-state index is -0.0533. The predicted molar refractivity (Wildman–Crippen MR) is 95.2 cm³/mol. The zero-order chi connectivity index (χ0) is 18.2. The van der Waals surface area contributed by atoms with Crippen molar-refractivity contribution < 1.29 is 9.53 Å². The molecule has 1 fully saturated rings. The summed E-state index contributed by atoms with van der Waals surface area (Å²) >= 11 is 0. The molecule has 0 radical (unpaired) electrons. The van der Waals surface area contributed by atoms with E-state index in [1.165, 1.54) is 0 Å². The normalized spacial score (nSPS) is 22.0. The minimum Gasteiger partial charge on any atom is -0.378 e. The molecule has 1 amide bonds. The first-order valence-corrected chi connectivity index (χ1v) is 8.90. The Morgan fingerprint density at radius 2 is 2.24 bits per heavy atom. The number of aromatic nitrogens is 4. The standard InChI is InChI=1S/C18H27N5O2/c1-6-7-8-25-15-10-14(18(15,2)3)22(4)17(24)12-9-13-16(19-11-12)23(5)21-20-13/h9,11,14-15H,6-8,10H2,1-5H3/t14-,15-/m1/s1. The van der Waals surface area contributed by atoms with Crippen LogP contribution in [0.3, 0.4) is 0 Å². The first kappa shape index (κ1) is 17.8. The topological polar surface area (TPSA) is 73.1 Å². The van der Waals surface area contributed by atoms with Gasteiger partial charge >= 0.3 is 0 Å². The van der Waals surface area contributed by atoms with Crippen LogP contribution in [0.1, 0.15) is 50.4 Å². The van der Waals surface area contributed by atoms with Gasteiger partial charge in [0.25, 0.3) is 5.91 Å². The van der Waals surface area contributed by atoms with E-state index < -0.39 is 0 Å². The van der Waals surface area contributed by atoms with E-state index in [0.717, 1.165) is 25.9 Å². The van der Waals surface area contributed by atoms with Crippen LogP contribution < -0.4 is 0 Å². The second kappa shape index (κ2) is 6.71. The number of carbonyl (C=O) groups excluding carboxylic acids is 1. The van der Waals surface area contributed by atoms with Crippen molar-refractivity contribution in [3.8, 4) is 0 Å². The number of hydrogen-bond donors (Lipinski definition) is 0. The molecule has 2 aromatic rings. The summed E-state index contributed by atoms with van der Waals surface area (Å²) in [5.41, 5.74) is 1.80. The Bertz CT molecular complexity index is 770. The molecule has 2 heterocycles. The number of unbranched alkanes of at least 4 members (excludes halogenated alkanes) is 1. The maximum atomic E-state index is 12.9. The van der Waals surface area contributed by atoms with E-state index in [0.29, 0.717) is 16.7 Å². The number of aryl methyl sites for hydroxylation is 1. The maximum absolute atomic E-state index is 12.9. The Labute approximate surface area is 148 Å². The van der Waals surface area contributed by atoms with Crippen LogP contribution >= 0.6 is 0 Å². The molecule has 3 rings (SSSR count). The van der Waals surface area contributed by atoms with Gasteiger partial charge < -0.3 is 9.64 Å². The molecule has 0 aromatic carbocycles. The van der Waals surface area contributed by atoms with Crippen molar-refractivity contribution in [2.75, 3.05) is 13.7 Å². The molecule has 1 aliphatic carbocycles. The summed E-state index contributed by atoms with van der Waals surface area (Å²) in [7, 11) is 3.64. The van der Waals surface area contributed by atoms with Crippen molar-refractivity contribution in [1.29, 1.82) is 0 Å². The molecule has 2 aromatic heterocycles. The molecule has 25 heavy (non-hydrogen) atoms. The lowest BCUT2D eigenvalue weighted by Crippen LogP contribution is -2.62. The molecule has 7 nitrogen and oxygen atoms in total. The number of fused-ring (bicyclic) bond motifs is 1. The third-order valence-corrected chi connectivity index (χ3v) is 5.42. The molecule has 0 bridgehead atoms. The Balaban J connectivity index is 1.69. The smallest absolute Gasteiger partial charge is 0.255 e. The molecule has 0 aliphatic heterocycles. The average Bonchev–Trinajstić information content (AvgIpc) is 2.96. The van der Waals surface area contributed by atoms with E-state index in [9.17, 15) is 4.79 Å². The summed E-state index contributed by atoms with van der Waals surface area (Å²) in [5, 5.41) is 7.98. The van der Waals surface area contributed by atoms with Crippen LogP contribution in [0.15, 0.2) is 12.3 Å². The number of hydrogen-bond acceptors (Lipinski definition) is 5. The van der Waals surface area contributed by atoms with Gasteiger partial charge in [-0.05, 0) is 18.9 Å². The first-order valence-electron chi connectivity index (χ1n) is 8.90. The second-order valence-corrected chi connectivity index (χ2v) is 7.48. The van der Waals surface area contributed by atoms with E-state index in [4.69, 9.17) is 4.74 Å². The number of amides is 1. The fourth-order valence-electron chi connectivity index (χ4n) is 3.56. The van der Waals surface area contributed by atoms with E-state index in [-0.39, 0.29) is 23.5 Å². The van der Waals surface area contributed by atoms with Gasteiger partial charge in [0.05, 0.1) is 11.7 Å². The molecule has 0 N–H and O–H groups in total. The third kappa shape index (κ3) is 3.13. The second-order valence-electron chi connectivity index (χ2n) is 7.48. The number of carbonyl (C=O) groups is 1. The quantitative estimate of drug-likeness (QED) is 0.752. The highest BCUT2D eigenvalue weighted by atomic mass is 16.5. The van der Waals surface area contributed by atoms with Gasteiger partial charge in [0.15, 0.2) is 5.65 Å². The van der Waals surface area contributed by atoms with Gasteiger partial charge in [-0.2, -0.15) is 0 Å². The largest absolute Gasteiger partial charge is 0.378 e. The molecule has 1 saturated carbocycles. The molecule has 0 unspecified atom stereocenters. The van der Waals surface area contributed by atoms with Gasteiger partial charge in [0, 0.05) is 38.4 Å². The van der Waals surface area contributed by atoms with E-state index in [1.807, 2.05) is 11.9 Å². The number of nitrogens with zero attached hydrogens (tertiary/aromatic N) is 5. The molecule has 136 valence electrons. The summed E-state index contributed by atoms with van der Waals surface area (Å²) in [6, 6.07) is 1.92. The zero-order valence-electron chi connectivity index (χ0n) is 15.7. The summed E-state index contributed by atoms with van der Waals surface area (Å²) in [5.74, 6) is -0.0369. The Kier molecular flexibility index (Phi) is 4.77. The molecular formula is C18H27N5O2. The van der Waals surface area contributed by atoms with E-state index >= 15 is 0 Å². The third-order valence-electron chi connectivity index (χ3n) is 5.42. The van der Waals surface area contributed by atoms with Gasteiger partial charge in [0.1, 0.15) is 5.52 Å². The van der Waals surface area contributed by atoms with Crippen LogP contribution in [-0.2, 0) is 11.8 Å². The Morgan fingerprint density at radius 3 is 2.92 bits per heavy atom. The fourth-order valence-corrected chi connectivity index (χ4v) is 3.56. The van der Waals surface area contributed by atoms with Crippen LogP contribution in [0, 0.1) is 5.41 Å². The van der Waals surface area contributed by atoms with E-state index in [1.54, 1.807) is 24.0 Å². The minimum absolute atomic E-state index is 0.0369. The summed E-state index contributed by atoms with van der Waals surface area (Å²) in [6.07, 6.45) is 4.90.